The smallest absolute Gasteiger partial charge is 0.465 e. The van der Waals surface area contributed by atoms with E-state index in [0.29, 0.717) is 34.6 Å². The summed E-state index contributed by atoms with van der Waals surface area (Å²) < 4.78 is 42.9. The van der Waals surface area contributed by atoms with Crippen LogP contribution in [0.1, 0.15) is 18.0 Å². The van der Waals surface area contributed by atoms with E-state index < -0.39 is 30.2 Å². The molecule has 0 bridgehead atoms. The molecule has 1 aromatic carbocycles. The predicted molar refractivity (Wildman–Crippen MR) is 111 cm³/mol. The number of aromatic nitrogens is 3. The lowest BCUT2D eigenvalue weighted by Crippen LogP contribution is -2.48. The number of likely N-dealkylation sites (tertiary alicyclic amines) is 1. The molecule has 2 fully saturated rings. The van der Waals surface area contributed by atoms with Crippen LogP contribution in [0.3, 0.4) is 0 Å². The summed E-state index contributed by atoms with van der Waals surface area (Å²) in [6.07, 6.45) is -5.26. The molecule has 2 amide bonds. The first kappa shape index (κ1) is 21.9. The zero-order valence-corrected chi connectivity index (χ0v) is 17.4. The van der Waals surface area contributed by atoms with Crippen LogP contribution >= 0.6 is 0 Å². The van der Waals surface area contributed by atoms with Gasteiger partial charge in [-0.05, 0) is 30.3 Å². The van der Waals surface area contributed by atoms with Gasteiger partial charge in [-0.25, -0.2) is 14.5 Å². The zero-order chi connectivity index (χ0) is 24.2. The average Bonchev–Trinajstić information content (AvgIpc) is 3.27. The highest BCUT2D eigenvalue weighted by Gasteiger charge is 2.38. The number of aliphatic hydroxyl groups excluding tert-OH is 1. The number of amides is 2. The Morgan fingerprint density at radius 1 is 1.15 bits per heavy atom. The molecule has 5 rings (SSSR count). The van der Waals surface area contributed by atoms with Crippen molar-refractivity contribution < 1.29 is 37.7 Å². The lowest BCUT2D eigenvalue weighted by atomic mass is 9.94. The topological polar surface area (TPSA) is 121 Å². The van der Waals surface area contributed by atoms with E-state index in [9.17, 15) is 33.0 Å². The van der Waals surface area contributed by atoms with E-state index in [1.54, 1.807) is 6.07 Å². The second-order valence-corrected chi connectivity index (χ2v) is 8.05. The van der Waals surface area contributed by atoms with Crippen LogP contribution in [-0.4, -0.2) is 74.0 Å². The number of aliphatic hydroxyl groups is 1. The number of carboxylic acid groups (broad SMARTS) is 1. The molecule has 4 heterocycles. The fourth-order valence-corrected chi connectivity index (χ4v) is 4.24. The summed E-state index contributed by atoms with van der Waals surface area (Å²) in [6.45, 7) is 0.689. The van der Waals surface area contributed by atoms with E-state index in [1.165, 1.54) is 32.8 Å². The van der Waals surface area contributed by atoms with Crippen molar-refractivity contribution in [3.63, 3.8) is 0 Å². The number of ether oxygens (including phenoxy) is 1. The molecule has 3 aromatic rings. The summed E-state index contributed by atoms with van der Waals surface area (Å²) in [4.78, 5) is 30.8. The van der Waals surface area contributed by atoms with Crippen molar-refractivity contribution in [3.8, 4) is 11.4 Å². The van der Waals surface area contributed by atoms with Crippen LogP contribution in [0.25, 0.3) is 16.7 Å². The molecule has 2 saturated heterocycles. The maximum Gasteiger partial charge on any atom is 0.573 e. The second kappa shape index (κ2) is 7.87. The minimum absolute atomic E-state index is 0.199. The van der Waals surface area contributed by atoms with Crippen LogP contribution in [0, 0.1) is 0 Å². The molecule has 0 aliphatic carbocycles. The molecular formula is C21H18F3N5O5. The van der Waals surface area contributed by atoms with Crippen molar-refractivity contribution in [3.05, 3.63) is 42.2 Å². The van der Waals surface area contributed by atoms with E-state index in [-0.39, 0.29) is 25.4 Å². The number of hydrogen-bond donors (Lipinski definition) is 2. The Morgan fingerprint density at radius 3 is 2.44 bits per heavy atom. The fraction of sp³-hybridized carbons (Fsp3) is 0.333. The number of hydrogen-bond acceptors (Lipinski definition) is 6. The van der Waals surface area contributed by atoms with Gasteiger partial charge in [0.15, 0.2) is 5.65 Å². The predicted octanol–water partition coefficient (Wildman–Crippen LogP) is 2.49. The molecule has 34 heavy (non-hydrogen) atoms. The summed E-state index contributed by atoms with van der Waals surface area (Å²) in [7, 11) is 0. The van der Waals surface area contributed by atoms with Crippen molar-refractivity contribution in [2.75, 3.05) is 24.5 Å². The summed E-state index contributed by atoms with van der Waals surface area (Å²) in [6, 6.07) is 6.70. The fourth-order valence-electron chi connectivity index (χ4n) is 4.24. The molecule has 0 spiro atoms. The van der Waals surface area contributed by atoms with Crippen molar-refractivity contribution in [1.29, 1.82) is 0 Å². The molecule has 1 atom stereocenters. The monoisotopic (exact) mass is 477 g/mol. The lowest BCUT2D eigenvalue weighted by molar-refractivity contribution is -0.274. The van der Waals surface area contributed by atoms with Crippen LogP contribution < -0.4 is 9.64 Å². The third-order valence-electron chi connectivity index (χ3n) is 5.90. The van der Waals surface area contributed by atoms with E-state index in [0.717, 1.165) is 12.1 Å². The van der Waals surface area contributed by atoms with Crippen LogP contribution in [0.5, 0.6) is 5.75 Å². The number of alkyl halides is 3. The number of fused-ring (bicyclic) bond motifs is 1. The van der Waals surface area contributed by atoms with Gasteiger partial charge in [0.2, 0.25) is 0 Å². The summed E-state index contributed by atoms with van der Waals surface area (Å²) in [5.74, 6) is -1.12. The first-order valence-electron chi connectivity index (χ1n) is 10.3. The van der Waals surface area contributed by atoms with Gasteiger partial charge in [-0.3, -0.25) is 4.79 Å². The Kier molecular flexibility index (Phi) is 5.08. The Labute approximate surface area is 189 Å². The van der Waals surface area contributed by atoms with Gasteiger partial charge in [0.25, 0.3) is 5.91 Å². The largest absolute Gasteiger partial charge is 0.573 e. The minimum atomic E-state index is -4.82. The molecule has 10 nitrogen and oxygen atoms in total. The number of benzene rings is 1. The number of rotatable bonds is 4. The van der Waals surface area contributed by atoms with Gasteiger partial charge in [-0.15, -0.1) is 13.2 Å². The Bertz CT molecular complexity index is 1270. The summed E-state index contributed by atoms with van der Waals surface area (Å²) >= 11 is 0. The number of anilines is 1. The van der Waals surface area contributed by atoms with Crippen molar-refractivity contribution in [2.45, 2.75) is 24.8 Å². The molecule has 0 unspecified atom stereocenters. The summed E-state index contributed by atoms with van der Waals surface area (Å²) in [5, 5.41) is 24.3. The third-order valence-corrected chi connectivity index (χ3v) is 5.90. The second-order valence-electron chi connectivity index (χ2n) is 8.05. The highest BCUT2D eigenvalue weighted by atomic mass is 19.4. The molecule has 2 aliphatic rings. The summed E-state index contributed by atoms with van der Waals surface area (Å²) in [5.41, 5.74) is 1.75. The normalized spacial score (nSPS) is 19.1. The molecule has 0 radical (unpaired) electrons. The highest BCUT2D eigenvalue weighted by molar-refractivity contribution is 6.06. The molecule has 2 aromatic heterocycles. The highest BCUT2D eigenvalue weighted by Crippen LogP contribution is 2.38. The van der Waals surface area contributed by atoms with Gasteiger partial charge in [0, 0.05) is 38.2 Å². The van der Waals surface area contributed by atoms with Crippen molar-refractivity contribution in [1.82, 2.24) is 19.7 Å². The molecule has 2 N–H and O–H groups in total. The Morgan fingerprint density at radius 2 is 1.85 bits per heavy atom. The maximum absolute atomic E-state index is 12.5. The van der Waals surface area contributed by atoms with Crippen LogP contribution in [0.4, 0.5) is 23.7 Å². The van der Waals surface area contributed by atoms with Gasteiger partial charge in [-0.2, -0.15) is 5.10 Å². The van der Waals surface area contributed by atoms with Gasteiger partial charge in [0.1, 0.15) is 11.9 Å². The standard InChI is InChI=1S/C21H18F3N5O5/c22-21(23,24)34-13-3-1-12(2-4-13)29-18-16(17(26-29)11-9-27(10-11)20(32)33)14(5-7-25-18)28-8-6-15(30)19(28)31/h1-5,7,11,15,30H,6,8-10H2,(H,32,33)/t15-/m0/s1. The van der Waals surface area contributed by atoms with Crippen LogP contribution in [0.2, 0.25) is 0 Å². The number of nitrogens with zero attached hydrogens (tertiary/aromatic N) is 5. The number of carbonyl (C=O) groups excluding carboxylic acids is 1. The number of pyridine rings is 1. The van der Waals surface area contributed by atoms with E-state index in [1.807, 2.05) is 0 Å². The molecule has 13 heteroatoms. The first-order valence-corrected chi connectivity index (χ1v) is 10.3. The first-order chi connectivity index (χ1) is 16.1. The van der Waals surface area contributed by atoms with Crippen molar-refractivity contribution >= 4 is 28.7 Å². The Balaban J connectivity index is 1.60. The van der Waals surface area contributed by atoms with Gasteiger partial charge < -0.3 is 24.7 Å². The van der Waals surface area contributed by atoms with Gasteiger partial charge in [-0.1, -0.05) is 0 Å². The molecule has 2 aliphatic heterocycles. The van der Waals surface area contributed by atoms with Gasteiger partial charge >= 0.3 is 12.5 Å². The van der Waals surface area contributed by atoms with E-state index >= 15 is 0 Å². The zero-order valence-electron chi connectivity index (χ0n) is 17.4. The SMILES string of the molecule is O=C(O)N1CC(c2nn(-c3ccc(OC(F)(F)F)cc3)c3nccc(N4CC[C@H](O)C4=O)c23)C1. The number of halogens is 3. The molecular weight excluding hydrogens is 459 g/mol. The van der Waals surface area contributed by atoms with Crippen LogP contribution in [0.15, 0.2) is 36.5 Å². The maximum atomic E-state index is 12.5. The number of carbonyl (C=O) groups is 2. The van der Waals surface area contributed by atoms with Gasteiger partial charge in [0.05, 0.1) is 22.5 Å². The average molecular weight is 477 g/mol. The third kappa shape index (κ3) is 3.77. The molecule has 0 saturated carbocycles. The van der Waals surface area contributed by atoms with Crippen LogP contribution in [-0.2, 0) is 4.79 Å². The minimum Gasteiger partial charge on any atom is -0.465 e. The van der Waals surface area contributed by atoms with E-state index in [4.69, 9.17) is 0 Å². The van der Waals surface area contributed by atoms with Crippen molar-refractivity contribution in [2.24, 2.45) is 0 Å². The molecule has 178 valence electrons. The lowest BCUT2D eigenvalue weighted by Gasteiger charge is -2.36. The van der Waals surface area contributed by atoms with E-state index in [2.05, 4.69) is 14.8 Å². The Hall–Kier alpha value is -3.87. The quantitative estimate of drug-likeness (QED) is 0.592.